The Morgan fingerprint density at radius 2 is 2.00 bits per heavy atom. The van der Waals surface area contributed by atoms with E-state index >= 15 is 0 Å². The fourth-order valence-corrected chi connectivity index (χ4v) is 2.97. The van der Waals surface area contributed by atoms with E-state index in [-0.39, 0.29) is 11.9 Å². The molecule has 1 fully saturated rings. The number of esters is 1. The van der Waals surface area contributed by atoms with Crippen LogP contribution in [0.15, 0.2) is 22.7 Å². The summed E-state index contributed by atoms with van der Waals surface area (Å²) < 4.78 is 5.90. The molecule has 0 aromatic heterocycles. The number of benzene rings is 1. The van der Waals surface area contributed by atoms with E-state index in [1.165, 1.54) is 18.4 Å². The van der Waals surface area contributed by atoms with Crippen molar-refractivity contribution in [2.24, 2.45) is 5.92 Å². The number of hydrogen-bond donors (Lipinski definition) is 1. The van der Waals surface area contributed by atoms with Crippen LogP contribution < -0.4 is 5.32 Å². The molecule has 0 atom stereocenters. The first-order valence-corrected chi connectivity index (χ1v) is 7.50. The first-order valence-electron chi connectivity index (χ1n) is 6.70. The zero-order chi connectivity index (χ0) is 13.8. The van der Waals surface area contributed by atoms with E-state index in [1.807, 2.05) is 0 Å². The fraction of sp³-hybridized carbons (Fsp3) is 0.533. The maximum Gasteiger partial charge on any atom is 0.308 e. The average molecular weight is 326 g/mol. The summed E-state index contributed by atoms with van der Waals surface area (Å²) in [6, 6.07) is 6.72. The second kappa shape index (κ2) is 6.42. The number of methoxy groups -OCH3 is 1. The first kappa shape index (κ1) is 14.4. The van der Waals surface area contributed by atoms with Crippen LogP contribution in [0, 0.1) is 12.8 Å². The summed E-state index contributed by atoms with van der Waals surface area (Å²) in [6.07, 6.45) is 3.87. The summed E-state index contributed by atoms with van der Waals surface area (Å²) >= 11 is 3.50. The van der Waals surface area contributed by atoms with Gasteiger partial charge in [-0.2, -0.15) is 0 Å². The molecule has 0 unspecified atom stereocenters. The number of anilines is 1. The molecule has 0 heterocycles. The van der Waals surface area contributed by atoms with Gasteiger partial charge in [0.15, 0.2) is 0 Å². The van der Waals surface area contributed by atoms with Crippen LogP contribution in [0.5, 0.6) is 0 Å². The second-order valence-electron chi connectivity index (χ2n) is 5.18. The normalized spacial score (nSPS) is 22.9. The smallest absolute Gasteiger partial charge is 0.308 e. The largest absolute Gasteiger partial charge is 0.469 e. The molecule has 4 heteroatoms. The number of halogens is 1. The minimum absolute atomic E-state index is 0.0583. The minimum atomic E-state index is -0.0583. The summed E-state index contributed by atoms with van der Waals surface area (Å²) in [4.78, 5) is 11.5. The van der Waals surface area contributed by atoms with Crippen LogP contribution in [0.25, 0.3) is 0 Å². The van der Waals surface area contributed by atoms with Gasteiger partial charge in [0.05, 0.1) is 13.0 Å². The molecule has 1 aliphatic carbocycles. The lowest BCUT2D eigenvalue weighted by Gasteiger charge is -2.28. The second-order valence-corrected chi connectivity index (χ2v) is 6.09. The Labute approximate surface area is 122 Å². The molecule has 0 aliphatic heterocycles. The third-order valence-electron chi connectivity index (χ3n) is 3.82. The van der Waals surface area contributed by atoms with Crippen molar-refractivity contribution in [3.8, 4) is 0 Å². The highest BCUT2D eigenvalue weighted by Gasteiger charge is 2.26. The van der Waals surface area contributed by atoms with Gasteiger partial charge in [-0.3, -0.25) is 4.79 Å². The highest BCUT2D eigenvalue weighted by molar-refractivity contribution is 9.10. The van der Waals surface area contributed by atoms with E-state index in [2.05, 4.69) is 46.4 Å². The van der Waals surface area contributed by atoms with Crippen LogP contribution in [-0.4, -0.2) is 19.1 Å². The molecular formula is C15H20BrNO2. The summed E-state index contributed by atoms with van der Waals surface area (Å²) in [5.41, 5.74) is 2.43. The van der Waals surface area contributed by atoms with Crippen molar-refractivity contribution in [1.29, 1.82) is 0 Å². The number of carbonyl (C=O) groups is 1. The lowest BCUT2D eigenvalue weighted by molar-refractivity contribution is -0.146. The Morgan fingerprint density at radius 1 is 1.32 bits per heavy atom. The van der Waals surface area contributed by atoms with E-state index in [1.54, 1.807) is 0 Å². The molecule has 19 heavy (non-hydrogen) atoms. The summed E-state index contributed by atoms with van der Waals surface area (Å²) in [7, 11) is 1.47. The first-order chi connectivity index (χ1) is 9.10. The molecule has 0 spiro atoms. The zero-order valence-electron chi connectivity index (χ0n) is 11.4. The Morgan fingerprint density at radius 3 is 2.63 bits per heavy atom. The van der Waals surface area contributed by atoms with Gasteiger partial charge in [-0.05, 0) is 50.3 Å². The predicted octanol–water partition coefficient (Wildman–Crippen LogP) is 3.90. The maximum absolute atomic E-state index is 11.5. The maximum atomic E-state index is 11.5. The quantitative estimate of drug-likeness (QED) is 0.856. The minimum Gasteiger partial charge on any atom is -0.469 e. The highest BCUT2D eigenvalue weighted by Crippen LogP contribution is 2.29. The number of rotatable bonds is 3. The molecule has 1 aromatic carbocycles. The number of carbonyl (C=O) groups excluding carboxylic acids is 1. The van der Waals surface area contributed by atoms with Gasteiger partial charge in [0, 0.05) is 16.2 Å². The van der Waals surface area contributed by atoms with Crippen LogP contribution in [0.1, 0.15) is 31.2 Å². The number of nitrogens with one attached hydrogen (secondary N) is 1. The molecule has 0 radical (unpaired) electrons. The van der Waals surface area contributed by atoms with Crippen molar-refractivity contribution in [3.05, 3.63) is 28.2 Å². The van der Waals surface area contributed by atoms with Crippen LogP contribution in [0.2, 0.25) is 0 Å². The van der Waals surface area contributed by atoms with E-state index in [0.29, 0.717) is 6.04 Å². The van der Waals surface area contributed by atoms with Crippen molar-refractivity contribution in [2.75, 3.05) is 12.4 Å². The molecule has 1 N–H and O–H groups in total. The van der Waals surface area contributed by atoms with Crippen LogP contribution >= 0.6 is 15.9 Å². The number of aryl methyl sites for hydroxylation is 1. The van der Waals surface area contributed by atoms with Gasteiger partial charge in [-0.25, -0.2) is 0 Å². The van der Waals surface area contributed by atoms with Gasteiger partial charge >= 0.3 is 5.97 Å². The Balaban J connectivity index is 1.92. The molecule has 0 bridgehead atoms. The number of hydrogen-bond acceptors (Lipinski definition) is 3. The average Bonchev–Trinajstić information content (AvgIpc) is 2.43. The van der Waals surface area contributed by atoms with Crippen LogP contribution in [0.4, 0.5) is 5.69 Å². The summed E-state index contributed by atoms with van der Waals surface area (Å²) in [6.45, 7) is 2.11. The van der Waals surface area contributed by atoms with Gasteiger partial charge in [-0.1, -0.05) is 22.0 Å². The van der Waals surface area contributed by atoms with Crippen molar-refractivity contribution in [2.45, 2.75) is 38.6 Å². The Kier molecular flexibility index (Phi) is 4.86. The Hall–Kier alpha value is -1.03. The molecule has 0 amide bonds. The van der Waals surface area contributed by atoms with E-state index < -0.39 is 0 Å². The van der Waals surface area contributed by atoms with Crippen molar-refractivity contribution in [1.82, 2.24) is 0 Å². The van der Waals surface area contributed by atoms with Crippen molar-refractivity contribution >= 4 is 27.6 Å². The van der Waals surface area contributed by atoms with Crippen molar-refractivity contribution < 1.29 is 9.53 Å². The van der Waals surface area contributed by atoms with Gasteiger partial charge in [0.2, 0.25) is 0 Å². The molecule has 104 valence electrons. The predicted molar refractivity (Wildman–Crippen MR) is 80.3 cm³/mol. The van der Waals surface area contributed by atoms with Crippen molar-refractivity contribution in [3.63, 3.8) is 0 Å². The van der Waals surface area contributed by atoms with Gasteiger partial charge in [0.25, 0.3) is 0 Å². The van der Waals surface area contributed by atoms with Gasteiger partial charge in [-0.15, -0.1) is 0 Å². The lowest BCUT2D eigenvalue weighted by Crippen LogP contribution is -2.30. The molecular weight excluding hydrogens is 306 g/mol. The third kappa shape index (κ3) is 3.72. The molecule has 1 aromatic rings. The topological polar surface area (TPSA) is 38.3 Å². The number of ether oxygens (including phenoxy) is 1. The molecule has 0 saturated heterocycles. The highest BCUT2D eigenvalue weighted by atomic mass is 79.9. The van der Waals surface area contributed by atoms with E-state index in [4.69, 9.17) is 4.74 Å². The standard InChI is InChI=1S/C15H20BrNO2/c1-10-3-6-12(16)9-14(10)17-13-7-4-11(5-8-13)15(18)19-2/h3,6,9,11,13,17H,4-5,7-8H2,1-2H3. The van der Waals surface area contributed by atoms with E-state index in [0.717, 1.165) is 30.2 Å². The van der Waals surface area contributed by atoms with Gasteiger partial charge in [0.1, 0.15) is 0 Å². The Bertz CT molecular complexity index is 453. The van der Waals surface area contributed by atoms with Gasteiger partial charge < -0.3 is 10.1 Å². The molecule has 2 rings (SSSR count). The SMILES string of the molecule is COC(=O)C1CCC(Nc2cc(Br)ccc2C)CC1. The molecule has 1 saturated carbocycles. The molecule has 3 nitrogen and oxygen atoms in total. The fourth-order valence-electron chi connectivity index (χ4n) is 2.61. The lowest BCUT2D eigenvalue weighted by atomic mass is 9.86. The monoisotopic (exact) mass is 325 g/mol. The van der Waals surface area contributed by atoms with Crippen LogP contribution in [-0.2, 0) is 9.53 Å². The third-order valence-corrected chi connectivity index (χ3v) is 4.31. The van der Waals surface area contributed by atoms with Crippen LogP contribution in [0.3, 0.4) is 0 Å². The van der Waals surface area contributed by atoms with E-state index in [9.17, 15) is 4.79 Å². The zero-order valence-corrected chi connectivity index (χ0v) is 13.0. The summed E-state index contributed by atoms with van der Waals surface area (Å²) in [5, 5.41) is 3.59. The molecule has 1 aliphatic rings. The summed E-state index contributed by atoms with van der Waals surface area (Å²) in [5.74, 6) is 0.0312.